The summed E-state index contributed by atoms with van der Waals surface area (Å²) in [4.78, 5) is 15.1. The van der Waals surface area contributed by atoms with Crippen LogP contribution in [-0.2, 0) is 24.2 Å². The molecular weight excluding hydrogens is 416 g/mol. The van der Waals surface area contributed by atoms with E-state index < -0.39 is 12.0 Å². The SMILES string of the molecule is COc1cc(CNC(Cc2c[nH]c3ccccc23)C(=O)O)ccc1OCCc1ccccc1. The number of benzene rings is 3. The van der Waals surface area contributed by atoms with E-state index in [4.69, 9.17) is 9.47 Å². The highest BCUT2D eigenvalue weighted by molar-refractivity contribution is 5.84. The van der Waals surface area contributed by atoms with Crippen LogP contribution in [0.1, 0.15) is 16.7 Å². The number of methoxy groups -OCH3 is 1. The summed E-state index contributed by atoms with van der Waals surface area (Å²) in [5, 5.41) is 14.0. The second-order valence-electron chi connectivity index (χ2n) is 7.90. The number of aromatic amines is 1. The van der Waals surface area contributed by atoms with Gasteiger partial charge in [0.05, 0.1) is 13.7 Å². The molecule has 4 aromatic rings. The van der Waals surface area contributed by atoms with Crippen LogP contribution in [0.3, 0.4) is 0 Å². The van der Waals surface area contributed by atoms with E-state index in [1.165, 1.54) is 5.56 Å². The van der Waals surface area contributed by atoms with Gasteiger partial charge in [-0.1, -0.05) is 54.6 Å². The Morgan fingerprint density at radius 2 is 1.79 bits per heavy atom. The number of carboxylic acid groups (broad SMARTS) is 1. The Morgan fingerprint density at radius 3 is 2.58 bits per heavy atom. The number of hydrogen-bond donors (Lipinski definition) is 3. The minimum Gasteiger partial charge on any atom is -0.493 e. The third kappa shape index (κ3) is 5.73. The first-order valence-electron chi connectivity index (χ1n) is 11.0. The average molecular weight is 445 g/mol. The van der Waals surface area contributed by atoms with Gasteiger partial charge in [0.15, 0.2) is 11.5 Å². The molecule has 0 saturated carbocycles. The number of para-hydroxylation sites is 1. The lowest BCUT2D eigenvalue weighted by atomic mass is 10.0. The van der Waals surface area contributed by atoms with Crippen LogP contribution in [0, 0.1) is 0 Å². The molecule has 0 amide bonds. The number of rotatable bonds is 11. The van der Waals surface area contributed by atoms with Gasteiger partial charge in [0.2, 0.25) is 0 Å². The molecule has 0 aliphatic rings. The first kappa shape index (κ1) is 22.4. The monoisotopic (exact) mass is 444 g/mol. The zero-order chi connectivity index (χ0) is 23.0. The number of ether oxygens (including phenoxy) is 2. The molecule has 0 aliphatic carbocycles. The van der Waals surface area contributed by atoms with Gasteiger partial charge in [-0.15, -0.1) is 0 Å². The van der Waals surface area contributed by atoms with Gasteiger partial charge in [0.25, 0.3) is 0 Å². The minimum absolute atomic E-state index is 0.386. The lowest BCUT2D eigenvalue weighted by molar-refractivity contribution is -0.139. The van der Waals surface area contributed by atoms with Crippen molar-refractivity contribution in [2.75, 3.05) is 13.7 Å². The van der Waals surface area contributed by atoms with Gasteiger partial charge in [-0.2, -0.15) is 0 Å². The maximum atomic E-state index is 11.9. The van der Waals surface area contributed by atoms with Gasteiger partial charge in [0, 0.05) is 36.5 Å². The molecule has 170 valence electrons. The minimum atomic E-state index is -0.881. The maximum absolute atomic E-state index is 11.9. The molecule has 0 aliphatic heterocycles. The zero-order valence-electron chi connectivity index (χ0n) is 18.6. The summed E-state index contributed by atoms with van der Waals surface area (Å²) in [5.74, 6) is 0.421. The summed E-state index contributed by atoms with van der Waals surface area (Å²) < 4.78 is 11.4. The highest BCUT2D eigenvalue weighted by Crippen LogP contribution is 2.28. The topological polar surface area (TPSA) is 83.6 Å². The fourth-order valence-electron chi connectivity index (χ4n) is 3.87. The van der Waals surface area contributed by atoms with Crippen molar-refractivity contribution >= 4 is 16.9 Å². The van der Waals surface area contributed by atoms with Gasteiger partial charge >= 0.3 is 5.97 Å². The summed E-state index contributed by atoms with van der Waals surface area (Å²) >= 11 is 0. The van der Waals surface area contributed by atoms with Crippen molar-refractivity contribution in [3.8, 4) is 11.5 Å². The molecule has 4 rings (SSSR count). The van der Waals surface area contributed by atoms with Crippen molar-refractivity contribution in [3.63, 3.8) is 0 Å². The first-order valence-corrected chi connectivity index (χ1v) is 11.0. The van der Waals surface area contributed by atoms with Crippen LogP contribution in [0.5, 0.6) is 11.5 Å². The van der Waals surface area contributed by atoms with Crippen molar-refractivity contribution in [2.45, 2.75) is 25.4 Å². The lowest BCUT2D eigenvalue weighted by Gasteiger charge is -2.16. The van der Waals surface area contributed by atoms with Gasteiger partial charge in [-0.3, -0.25) is 4.79 Å². The fourth-order valence-corrected chi connectivity index (χ4v) is 3.87. The second kappa shape index (κ2) is 10.7. The number of nitrogens with one attached hydrogen (secondary N) is 2. The van der Waals surface area contributed by atoms with Gasteiger partial charge in [-0.25, -0.2) is 0 Å². The molecule has 0 radical (unpaired) electrons. The van der Waals surface area contributed by atoms with Crippen LogP contribution in [0.4, 0.5) is 0 Å². The van der Waals surface area contributed by atoms with E-state index in [9.17, 15) is 9.90 Å². The second-order valence-corrected chi connectivity index (χ2v) is 7.90. The molecule has 1 heterocycles. The summed E-state index contributed by atoms with van der Waals surface area (Å²) in [6, 6.07) is 23.0. The molecule has 3 aromatic carbocycles. The van der Waals surface area contributed by atoms with E-state index in [1.54, 1.807) is 7.11 Å². The van der Waals surface area contributed by atoms with E-state index in [0.717, 1.165) is 28.5 Å². The Labute approximate surface area is 193 Å². The third-order valence-electron chi connectivity index (χ3n) is 5.67. The van der Waals surface area contributed by atoms with E-state index in [0.29, 0.717) is 31.1 Å². The Bertz CT molecular complexity index is 1200. The number of aliphatic carboxylic acids is 1. The molecule has 1 atom stereocenters. The van der Waals surface area contributed by atoms with Crippen molar-refractivity contribution in [1.82, 2.24) is 10.3 Å². The molecule has 6 heteroatoms. The molecule has 1 unspecified atom stereocenters. The van der Waals surface area contributed by atoms with Crippen LogP contribution >= 0.6 is 0 Å². The van der Waals surface area contributed by atoms with E-state index in [1.807, 2.05) is 66.9 Å². The quantitative estimate of drug-likeness (QED) is 0.315. The number of H-pyrrole nitrogens is 1. The fraction of sp³-hybridized carbons (Fsp3) is 0.222. The van der Waals surface area contributed by atoms with Crippen molar-refractivity contribution in [1.29, 1.82) is 0 Å². The number of carbonyl (C=O) groups is 1. The summed E-state index contributed by atoms with van der Waals surface area (Å²) in [5.41, 5.74) is 4.12. The number of carboxylic acids is 1. The number of hydrogen-bond acceptors (Lipinski definition) is 4. The summed E-state index contributed by atoms with van der Waals surface area (Å²) in [6.45, 7) is 0.948. The van der Waals surface area contributed by atoms with Gasteiger partial charge < -0.3 is 24.9 Å². The molecule has 0 saturated heterocycles. The molecular formula is C27H28N2O4. The van der Waals surface area contributed by atoms with Crippen LogP contribution in [0.2, 0.25) is 0 Å². The summed E-state index contributed by atoms with van der Waals surface area (Å²) in [7, 11) is 1.60. The highest BCUT2D eigenvalue weighted by Gasteiger charge is 2.19. The lowest BCUT2D eigenvalue weighted by Crippen LogP contribution is -2.38. The van der Waals surface area contributed by atoms with E-state index >= 15 is 0 Å². The van der Waals surface area contributed by atoms with Crippen molar-refractivity contribution < 1.29 is 19.4 Å². The van der Waals surface area contributed by atoms with Crippen molar-refractivity contribution in [3.05, 3.63) is 95.7 Å². The molecule has 0 spiro atoms. The Hall–Kier alpha value is -3.77. The van der Waals surface area contributed by atoms with Crippen LogP contribution < -0.4 is 14.8 Å². The molecule has 0 bridgehead atoms. The normalized spacial score (nSPS) is 11.9. The molecule has 33 heavy (non-hydrogen) atoms. The number of fused-ring (bicyclic) bond motifs is 1. The molecule has 6 nitrogen and oxygen atoms in total. The number of aromatic nitrogens is 1. The Morgan fingerprint density at radius 1 is 1.00 bits per heavy atom. The highest BCUT2D eigenvalue weighted by atomic mass is 16.5. The third-order valence-corrected chi connectivity index (χ3v) is 5.67. The van der Waals surface area contributed by atoms with Crippen LogP contribution in [0.25, 0.3) is 10.9 Å². The maximum Gasteiger partial charge on any atom is 0.321 e. The van der Waals surface area contributed by atoms with Gasteiger partial charge in [-0.05, 0) is 34.9 Å². The van der Waals surface area contributed by atoms with Crippen LogP contribution in [0.15, 0.2) is 79.0 Å². The zero-order valence-corrected chi connectivity index (χ0v) is 18.6. The van der Waals surface area contributed by atoms with Gasteiger partial charge in [0.1, 0.15) is 6.04 Å². The Kier molecular flexibility index (Phi) is 7.27. The standard InChI is InChI=1S/C27H28N2O4/c1-32-26-15-20(11-12-25(26)33-14-13-19-7-3-2-4-8-19)17-28-24(27(30)31)16-21-18-29-23-10-6-5-9-22(21)23/h2-12,15,18,24,28-29H,13-14,16-17H2,1H3,(H,30,31). The molecule has 1 aromatic heterocycles. The first-order chi connectivity index (χ1) is 16.1. The predicted octanol–water partition coefficient (Wildman–Crippen LogP) is 4.58. The van der Waals surface area contributed by atoms with E-state index in [-0.39, 0.29) is 0 Å². The van der Waals surface area contributed by atoms with Crippen LogP contribution in [-0.4, -0.2) is 35.8 Å². The average Bonchev–Trinajstić information content (AvgIpc) is 3.25. The van der Waals surface area contributed by atoms with E-state index in [2.05, 4.69) is 22.4 Å². The molecule has 0 fully saturated rings. The largest absolute Gasteiger partial charge is 0.493 e. The van der Waals surface area contributed by atoms with Crippen molar-refractivity contribution in [2.24, 2.45) is 0 Å². The molecule has 3 N–H and O–H groups in total. The predicted molar refractivity (Wildman–Crippen MR) is 129 cm³/mol. The summed E-state index contributed by atoms with van der Waals surface area (Å²) in [6.07, 6.45) is 3.07. The smallest absolute Gasteiger partial charge is 0.321 e. The Balaban J connectivity index is 1.37.